The van der Waals surface area contributed by atoms with Crippen LogP contribution in [-0.2, 0) is 13.6 Å². The van der Waals surface area contributed by atoms with Crippen molar-refractivity contribution in [3.63, 3.8) is 0 Å². The van der Waals surface area contributed by atoms with Crippen LogP contribution in [0.15, 0.2) is 6.07 Å². The van der Waals surface area contributed by atoms with Gasteiger partial charge in [-0.05, 0) is 62.7 Å². The lowest BCUT2D eigenvalue weighted by Crippen LogP contribution is -2.37. The van der Waals surface area contributed by atoms with E-state index in [1.165, 1.54) is 11.3 Å². The quantitative estimate of drug-likeness (QED) is 0.910. The van der Waals surface area contributed by atoms with E-state index in [2.05, 4.69) is 31.7 Å². The molecular weight excluding hydrogens is 274 g/mol. The van der Waals surface area contributed by atoms with E-state index in [0.717, 1.165) is 44.6 Å². The molecule has 0 saturated carbocycles. The van der Waals surface area contributed by atoms with Crippen LogP contribution in [0, 0.1) is 30.1 Å². The molecule has 1 aliphatic rings. The monoisotopic (exact) mass is 303 g/mol. The van der Waals surface area contributed by atoms with E-state index < -0.39 is 0 Å². The van der Waals surface area contributed by atoms with E-state index in [0.29, 0.717) is 11.8 Å². The summed E-state index contributed by atoms with van der Waals surface area (Å²) in [5.74, 6) is 1.01. The van der Waals surface area contributed by atoms with Gasteiger partial charge in [-0.3, -0.25) is 4.90 Å². The highest BCUT2D eigenvalue weighted by Gasteiger charge is 2.26. The molecule has 1 aromatic rings. The van der Waals surface area contributed by atoms with Gasteiger partial charge in [0.15, 0.2) is 0 Å². The summed E-state index contributed by atoms with van der Waals surface area (Å²) in [6, 6.07) is 4.25. The van der Waals surface area contributed by atoms with Crippen LogP contribution in [0.3, 0.4) is 0 Å². The Morgan fingerprint density at radius 1 is 1.36 bits per heavy atom. The van der Waals surface area contributed by atoms with E-state index in [1.54, 1.807) is 0 Å². The second-order valence-electron chi connectivity index (χ2n) is 7.12. The van der Waals surface area contributed by atoms with Gasteiger partial charge in [-0.25, -0.2) is 0 Å². The molecule has 0 bridgehead atoms. The molecule has 122 valence electrons. The Balaban J connectivity index is 1.89. The topological polar surface area (TPSA) is 52.2 Å². The first-order chi connectivity index (χ1) is 10.4. The standard InChI is InChI=1S/C18H29N3O/c1-13(2)9-18(22)15-5-7-21(8-6-15)12-16-10-17(11-19)20(4)14(16)3/h10,13,15,18,22H,5-9,12H2,1-4H3. The largest absolute Gasteiger partial charge is 0.393 e. The lowest BCUT2D eigenvalue weighted by molar-refractivity contribution is 0.0436. The number of likely N-dealkylation sites (tertiary alicyclic amines) is 1. The van der Waals surface area contributed by atoms with Crippen LogP contribution in [0.2, 0.25) is 0 Å². The van der Waals surface area contributed by atoms with Crippen molar-refractivity contribution in [3.8, 4) is 6.07 Å². The molecule has 1 N–H and O–H groups in total. The highest BCUT2D eigenvalue weighted by atomic mass is 16.3. The number of nitrogens with zero attached hydrogens (tertiary/aromatic N) is 3. The van der Waals surface area contributed by atoms with Crippen LogP contribution in [0.1, 0.15) is 50.1 Å². The van der Waals surface area contributed by atoms with Crippen molar-refractivity contribution in [2.45, 2.75) is 52.7 Å². The summed E-state index contributed by atoms with van der Waals surface area (Å²) < 4.78 is 1.97. The van der Waals surface area contributed by atoms with Gasteiger partial charge in [-0.1, -0.05) is 13.8 Å². The smallest absolute Gasteiger partial charge is 0.120 e. The van der Waals surface area contributed by atoms with Crippen LogP contribution < -0.4 is 0 Å². The molecule has 1 aromatic heterocycles. The molecule has 4 heteroatoms. The van der Waals surface area contributed by atoms with Gasteiger partial charge in [0.1, 0.15) is 11.8 Å². The number of piperidine rings is 1. The van der Waals surface area contributed by atoms with Gasteiger partial charge in [0.25, 0.3) is 0 Å². The molecular formula is C18H29N3O. The summed E-state index contributed by atoms with van der Waals surface area (Å²) in [4.78, 5) is 2.45. The minimum atomic E-state index is -0.147. The molecule has 1 fully saturated rings. The Kier molecular flexibility index (Phi) is 5.66. The Bertz CT molecular complexity index is 533. The summed E-state index contributed by atoms with van der Waals surface area (Å²) in [6.07, 6.45) is 2.91. The van der Waals surface area contributed by atoms with E-state index in [-0.39, 0.29) is 6.10 Å². The summed E-state index contributed by atoms with van der Waals surface area (Å²) in [5.41, 5.74) is 3.16. The maximum Gasteiger partial charge on any atom is 0.120 e. The van der Waals surface area contributed by atoms with Gasteiger partial charge >= 0.3 is 0 Å². The average molecular weight is 303 g/mol. The number of aliphatic hydroxyl groups excluding tert-OH is 1. The van der Waals surface area contributed by atoms with Gasteiger partial charge in [0.2, 0.25) is 0 Å². The Morgan fingerprint density at radius 3 is 2.50 bits per heavy atom. The van der Waals surface area contributed by atoms with E-state index >= 15 is 0 Å². The van der Waals surface area contributed by atoms with E-state index in [1.807, 2.05) is 17.7 Å². The van der Waals surface area contributed by atoms with Crippen molar-refractivity contribution in [1.29, 1.82) is 5.26 Å². The van der Waals surface area contributed by atoms with E-state index in [9.17, 15) is 5.11 Å². The molecule has 1 saturated heterocycles. The summed E-state index contributed by atoms with van der Waals surface area (Å²) >= 11 is 0. The van der Waals surface area contributed by atoms with Crippen molar-refractivity contribution in [1.82, 2.24) is 9.47 Å². The van der Waals surface area contributed by atoms with Gasteiger partial charge in [0, 0.05) is 19.3 Å². The zero-order valence-electron chi connectivity index (χ0n) is 14.3. The predicted molar refractivity (Wildman–Crippen MR) is 88.3 cm³/mol. The predicted octanol–water partition coefficient (Wildman–Crippen LogP) is 2.82. The molecule has 0 amide bonds. The molecule has 0 radical (unpaired) electrons. The zero-order valence-corrected chi connectivity index (χ0v) is 14.3. The van der Waals surface area contributed by atoms with Crippen molar-refractivity contribution < 1.29 is 5.11 Å². The number of hydrogen-bond acceptors (Lipinski definition) is 3. The van der Waals surface area contributed by atoms with Gasteiger partial charge in [-0.15, -0.1) is 0 Å². The second kappa shape index (κ2) is 7.30. The number of hydrogen-bond donors (Lipinski definition) is 1. The maximum absolute atomic E-state index is 10.3. The normalized spacial score (nSPS) is 18.6. The fourth-order valence-electron chi connectivity index (χ4n) is 3.44. The Morgan fingerprint density at radius 2 is 2.00 bits per heavy atom. The van der Waals surface area contributed by atoms with Crippen LogP contribution in [0.25, 0.3) is 0 Å². The number of aliphatic hydroxyl groups is 1. The molecule has 1 aliphatic heterocycles. The van der Waals surface area contributed by atoms with Crippen molar-refractivity contribution in [2.24, 2.45) is 18.9 Å². The van der Waals surface area contributed by atoms with Gasteiger partial charge < -0.3 is 9.67 Å². The first kappa shape index (κ1) is 17.1. The van der Waals surface area contributed by atoms with Crippen LogP contribution >= 0.6 is 0 Å². The summed E-state index contributed by atoms with van der Waals surface area (Å²) in [5, 5.41) is 19.4. The molecule has 2 rings (SSSR count). The lowest BCUT2D eigenvalue weighted by Gasteiger charge is -2.34. The highest BCUT2D eigenvalue weighted by Crippen LogP contribution is 2.26. The molecule has 0 spiro atoms. The first-order valence-electron chi connectivity index (χ1n) is 8.38. The first-order valence-corrected chi connectivity index (χ1v) is 8.38. The highest BCUT2D eigenvalue weighted by molar-refractivity contribution is 5.34. The molecule has 0 aromatic carbocycles. The van der Waals surface area contributed by atoms with Crippen molar-refractivity contribution in [3.05, 3.63) is 23.0 Å². The second-order valence-corrected chi connectivity index (χ2v) is 7.12. The molecule has 4 nitrogen and oxygen atoms in total. The summed E-state index contributed by atoms with van der Waals surface area (Å²) in [6.45, 7) is 9.41. The van der Waals surface area contributed by atoms with E-state index in [4.69, 9.17) is 5.26 Å². The van der Waals surface area contributed by atoms with Gasteiger partial charge in [-0.2, -0.15) is 5.26 Å². The Hall–Kier alpha value is -1.31. The van der Waals surface area contributed by atoms with Crippen molar-refractivity contribution >= 4 is 0 Å². The minimum Gasteiger partial charge on any atom is -0.393 e. The number of nitriles is 1. The molecule has 1 atom stereocenters. The lowest BCUT2D eigenvalue weighted by atomic mass is 9.87. The molecule has 22 heavy (non-hydrogen) atoms. The van der Waals surface area contributed by atoms with Crippen LogP contribution in [0.4, 0.5) is 0 Å². The molecule has 2 heterocycles. The molecule has 1 unspecified atom stereocenters. The SMILES string of the molecule is Cc1c(CN2CCC(C(O)CC(C)C)CC2)cc(C#N)n1C. The molecule has 0 aliphatic carbocycles. The maximum atomic E-state index is 10.3. The van der Waals surface area contributed by atoms with Crippen LogP contribution in [-0.4, -0.2) is 33.8 Å². The number of rotatable bonds is 5. The fourth-order valence-corrected chi connectivity index (χ4v) is 3.44. The van der Waals surface area contributed by atoms with Crippen molar-refractivity contribution in [2.75, 3.05) is 13.1 Å². The van der Waals surface area contributed by atoms with Gasteiger partial charge in [0.05, 0.1) is 6.10 Å². The average Bonchev–Trinajstić information content (AvgIpc) is 2.75. The van der Waals surface area contributed by atoms with Crippen LogP contribution in [0.5, 0.6) is 0 Å². The zero-order chi connectivity index (χ0) is 16.3. The third-order valence-electron chi connectivity index (χ3n) is 5.04. The summed E-state index contributed by atoms with van der Waals surface area (Å²) in [7, 11) is 1.95. The Labute approximate surface area is 134 Å². The fraction of sp³-hybridized carbons (Fsp3) is 0.722. The minimum absolute atomic E-state index is 0.147. The third-order valence-corrected chi connectivity index (χ3v) is 5.04. The number of aromatic nitrogens is 1. The third kappa shape index (κ3) is 3.91.